The molecule has 2 aliphatic heterocycles. The summed E-state index contributed by atoms with van der Waals surface area (Å²) in [7, 11) is 0. The van der Waals surface area contributed by atoms with Crippen LogP contribution in [0.15, 0.2) is 24.3 Å². The summed E-state index contributed by atoms with van der Waals surface area (Å²) in [6.07, 6.45) is 3.80. The van der Waals surface area contributed by atoms with Gasteiger partial charge in [-0.3, -0.25) is 4.90 Å². The van der Waals surface area contributed by atoms with Gasteiger partial charge in [-0.2, -0.15) is 0 Å². The van der Waals surface area contributed by atoms with E-state index in [9.17, 15) is 0 Å². The Hall–Kier alpha value is -1.06. The highest BCUT2D eigenvalue weighted by molar-refractivity contribution is 5.55. The van der Waals surface area contributed by atoms with Crippen LogP contribution in [-0.4, -0.2) is 50.8 Å². The minimum absolute atomic E-state index is 0.909. The molecule has 3 rings (SSSR count). The number of para-hydroxylation sites is 1. The van der Waals surface area contributed by atoms with Crippen LogP contribution in [0, 0.1) is 0 Å². The highest BCUT2D eigenvalue weighted by atomic mass is 16.5. The third-order valence-corrected chi connectivity index (χ3v) is 4.21. The van der Waals surface area contributed by atoms with Crippen molar-refractivity contribution >= 4 is 5.69 Å². The molecule has 1 saturated heterocycles. The van der Waals surface area contributed by atoms with E-state index in [0.717, 1.165) is 26.3 Å². The summed E-state index contributed by atoms with van der Waals surface area (Å²) in [6, 6.07) is 8.89. The molecule has 0 saturated carbocycles. The summed E-state index contributed by atoms with van der Waals surface area (Å²) >= 11 is 0. The number of rotatable bonds is 4. The first-order valence-corrected chi connectivity index (χ1v) is 7.56. The second kappa shape index (κ2) is 6.40. The predicted octanol–water partition coefficient (Wildman–Crippen LogP) is 2.16. The van der Waals surface area contributed by atoms with Crippen molar-refractivity contribution in [3.05, 3.63) is 29.8 Å². The average molecular weight is 260 g/mol. The molecule has 0 spiro atoms. The van der Waals surface area contributed by atoms with E-state index >= 15 is 0 Å². The van der Waals surface area contributed by atoms with E-state index in [-0.39, 0.29) is 0 Å². The Morgan fingerprint density at radius 2 is 1.84 bits per heavy atom. The second-order valence-corrected chi connectivity index (χ2v) is 5.53. The SMILES string of the molecule is c1ccc2c(c1)CCCN2CCCN1CCOCC1. The van der Waals surface area contributed by atoms with Gasteiger partial charge in [0.25, 0.3) is 0 Å². The summed E-state index contributed by atoms with van der Waals surface area (Å²) in [4.78, 5) is 5.10. The Balaban J connectivity index is 1.50. The Labute approximate surface area is 116 Å². The predicted molar refractivity (Wildman–Crippen MR) is 78.9 cm³/mol. The van der Waals surface area contributed by atoms with Crippen LogP contribution < -0.4 is 4.90 Å². The van der Waals surface area contributed by atoms with Crippen molar-refractivity contribution in [1.29, 1.82) is 0 Å². The van der Waals surface area contributed by atoms with Gasteiger partial charge in [0.15, 0.2) is 0 Å². The van der Waals surface area contributed by atoms with Crippen molar-refractivity contribution in [3.63, 3.8) is 0 Å². The zero-order chi connectivity index (χ0) is 12.9. The van der Waals surface area contributed by atoms with Crippen molar-refractivity contribution in [2.45, 2.75) is 19.3 Å². The molecule has 0 amide bonds. The third kappa shape index (κ3) is 3.28. The number of ether oxygens (including phenoxy) is 1. The first-order valence-electron chi connectivity index (χ1n) is 7.56. The van der Waals surface area contributed by atoms with E-state index in [1.54, 1.807) is 0 Å². The van der Waals surface area contributed by atoms with Crippen LogP contribution in [0.2, 0.25) is 0 Å². The third-order valence-electron chi connectivity index (χ3n) is 4.21. The lowest BCUT2D eigenvalue weighted by molar-refractivity contribution is 0.0376. The standard InChI is InChI=1S/C16H24N2O/c1-2-7-16-15(5-1)6-3-9-18(16)10-4-8-17-11-13-19-14-12-17/h1-2,5,7H,3-4,6,8-14H2. The fourth-order valence-electron chi connectivity index (χ4n) is 3.15. The molecule has 0 radical (unpaired) electrons. The molecule has 104 valence electrons. The van der Waals surface area contributed by atoms with Gasteiger partial charge in [0.05, 0.1) is 13.2 Å². The van der Waals surface area contributed by atoms with Crippen molar-refractivity contribution in [3.8, 4) is 0 Å². The molecule has 0 aliphatic carbocycles. The van der Waals surface area contributed by atoms with E-state index in [1.165, 1.54) is 50.1 Å². The van der Waals surface area contributed by atoms with Crippen molar-refractivity contribution < 1.29 is 4.74 Å². The topological polar surface area (TPSA) is 15.7 Å². The first kappa shape index (κ1) is 12.9. The van der Waals surface area contributed by atoms with Gasteiger partial charge < -0.3 is 9.64 Å². The largest absolute Gasteiger partial charge is 0.379 e. The van der Waals surface area contributed by atoms with Gasteiger partial charge in [-0.05, 0) is 30.9 Å². The molecular formula is C16H24N2O. The quantitative estimate of drug-likeness (QED) is 0.825. The lowest BCUT2D eigenvalue weighted by Gasteiger charge is -2.32. The number of nitrogens with zero attached hydrogens (tertiary/aromatic N) is 2. The van der Waals surface area contributed by atoms with Crippen molar-refractivity contribution in [1.82, 2.24) is 4.90 Å². The Bertz CT molecular complexity index is 401. The normalized spacial score (nSPS) is 20.3. The summed E-state index contributed by atoms with van der Waals surface area (Å²) in [6.45, 7) is 7.66. The molecule has 1 aromatic carbocycles. The summed E-state index contributed by atoms with van der Waals surface area (Å²) < 4.78 is 5.39. The zero-order valence-corrected chi connectivity index (χ0v) is 11.7. The number of fused-ring (bicyclic) bond motifs is 1. The molecule has 0 N–H and O–H groups in total. The molecule has 0 bridgehead atoms. The molecular weight excluding hydrogens is 236 g/mol. The highest BCUT2D eigenvalue weighted by Crippen LogP contribution is 2.26. The highest BCUT2D eigenvalue weighted by Gasteiger charge is 2.16. The summed E-state index contributed by atoms with van der Waals surface area (Å²) in [5, 5.41) is 0. The smallest absolute Gasteiger partial charge is 0.0594 e. The fourth-order valence-corrected chi connectivity index (χ4v) is 3.15. The van der Waals surface area contributed by atoms with E-state index in [1.807, 2.05) is 0 Å². The summed E-state index contributed by atoms with van der Waals surface area (Å²) in [5.41, 5.74) is 3.00. The van der Waals surface area contributed by atoms with E-state index in [2.05, 4.69) is 34.1 Å². The van der Waals surface area contributed by atoms with E-state index in [4.69, 9.17) is 4.74 Å². The molecule has 1 fully saturated rings. The number of anilines is 1. The van der Waals surface area contributed by atoms with Crippen LogP contribution in [0.4, 0.5) is 5.69 Å². The molecule has 0 unspecified atom stereocenters. The van der Waals surface area contributed by atoms with E-state index < -0.39 is 0 Å². The maximum atomic E-state index is 5.39. The Morgan fingerprint density at radius 3 is 2.74 bits per heavy atom. The minimum Gasteiger partial charge on any atom is -0.379 e. The number of hydrogen-bond acceptors (Lipinski definition) is 3. The Kier molecular flexibility index (Phi) is 4.36. The van der Waals surface area contributed by atoms with Crippen LogP contribution in [0.25, 0.3) is 0 Å². The lowest BCUT2D eigenvalue weighted by atomic mass is 10.0. The Morgan fingerprint density at radius 1 is 1.00 bits per heavy atom. The monoisotopic (exact) mass is 260 g/mol. The van der Waals surface area contributed by atoms with Crippen molar-refractivity contribution in [2.24, 2.45) is 0 Å². The lowest BCUT2D eigenvalue weighted by Crippen LogP contribution is -2.38. The molecule has 0 aromatic heterocycles. The van der Waals surface area contributed by atoms with Gasteiger partial charge in [-0.15, -0.1) is 0 Å². The summed E-state index contributed by atoms with van der Waals surface area (Å²) in [5.74, 6) is 0. The van der Waals surface area contributed by atoms with Gasteiger partial charge in [-0.25, -0.2) is 0 Å². The second-order valence-electron chi connectivity index (χ2n) is 5.53. The molecule has 3 nitrogen and oxygen atoms in total. The van der Waals surface area contributed by atoms with Crippen LogP contribution in [0.5, 0.6) is 0 Å². The maximum Gasteiger partial charge on any atom is 0.0594 e. The van der Waals surface area contributed by atoms with Crippen LogP contribution in [0.3, 0.4) is 0 Å². The average Bonchev–Trinajstić information content (AvgIpc) is 2.49. The number of aryl methyl sites for hydroxylation is 1. The maximum absolute atomic E-state index is 5.39. The van der Waals surface area contributed by atoms with Gasteiger partial charge in [-0.1, -0.05) is 18.2 Å². The molecule has 1 aromatic rings. The first-order chi connectivity index (χ1) is 9.43. The molecule has 0 atom stereocenters. The molecule has 2 heterocycles. The van der Waals surface area contributed by atoms with Crippen LogP contribution in [0.1, 0.15) is 18.4 Å². The minimum atomic E-state index is 0.909. The van der Waals surface area contributed by atoms with E-state index in [0.29, 0.717) is 0 Å². The molecule has 2 aliphatic rings. The van der Waals surface area contributed by atoms with Gasteiger partial charge in [0.2, 0.25) is 0 Å². The molecule has 3 heteroatoms. The van der Waals surface area contributed by atoms with Crippen molar-refractivity contribution in [2.75, 3.05) is 50.8 Å². The van der Waals surface area contributed by atoms with Gasteiger partial charge >= 0.3 is 0 Å². The number of hydrogen-bond donors (Lipinski definition) is 0. The van der Waals surface area contributed by atoms with Crippen LogP contribution >= 0.6 is 0 Å². The van der Waals surface area contributed by atoms with Gasteiger partial charge in [0, 0.05) is 38.4 Å². The number of benzene rings is 1. The zero-order valence-electron chi connectivity index (χ0n) is 11.7. The number of morpholine rings is 1. The van der Waals surface area contributed by atoms with Gasteiger partial charge in [0.1, 0.15) is 0 Å². The molecule has 19 heavy (non-hydrogen) atoms. The fraction of sp³-hybridized carbons (Fsp3) is 0.625. The van der Waals surface area contributed by atoms with Crippen LogP contribution in [-0.2, 0) is 11.2 Å².